The quantitative estimate of drug-likeness (QED) is 0.775. The van der Waals surface area contributed by atoms with Crippen molar-refractivity contribution in [1.82, 2.24) is 5.32 Å². The van der Waals surface area contributed by atoms with Crippen LogP contribution in [0.3, 0.4) is 0 Å². The SMILES string of the molecule is NCc1ccc(C(=O)NCCc2cccc(O)c2)cc1. The Balaban J connectivity index is 1.85. The number of hydrogen-bond donors (Lipinski definition) is 3. The Kier molecular flexibility index (Phi) is 4.74. The predicted molar refractivity (Wildman–Crippen MR) is 78.5 cm³/mol. The third kappa shape index (κ3) is 3.83. The van der Waals surface area contributed by atoms with Gasteiger partial charge in [0.15, 0.2) is 0 Å². The van der Waals surface area contributed by atoms with Crippen LogP contribution < -0.4 is 11.1 Å². The monoisotopic (exact) mass is 270 g/mol. The molecule has 4 nitrogen and oxygen atoms in total. The highest BCUT2D eigenvalue weighted by Gasteiger charge is 2.04. The molecule has 0 saturated heterocycles. The summed E-state index contributed by atoms with van der Waals surface area (Å²) in [7, 11) is 0. The second-order valence-corrected chi connectivity index (χ2v) is 4.58. The number of carbonyl (C=O) groups excluding carboxylic acids is 1. The van der Waals surface area contributed by atoms with Crippen molar-refractivity contribution in [3.8, 4) is 5.75 Å². The fraction of sp³-hybridized carbons (Fsp3) is 0.188. The molecule has 1 amide bonds. The zero-order valence-electron chi connectivity index (χ0n) is 11.2. The van der Waals surface area contributed by atoms with Crippen LogP contribution in [0.5, 0.6) is 5.75 Å². The highest BCUT2D eigenvalue weighted by molar-refractivity contribution is 5.94. The number of carbonyl (C=O) groups is 1. The van der Waals surface area contributed by atoms with Gasteiger partial charge in [0.1, 0.15) is 5.75 Å². The van der Waals surface area contributed by atoms with E-state index in [9.17, 15) is 9.90 Å². The maximum Gasteiger partial charge on any atom is 0.251 e. The molecule has 0 spiro atoms. The van der Waals surface area contributed by atoms with E-state index in [-0.39, 0.29) is 11.7 Å². The Bertz CT molecular complexity index is 579. The molecule has 0 aliphatic carbocycles. The summed E-state index contributed by atoms with van der Waals surface area (Å²) in [6.45, 7) is 1.00. The summed E-state index contributed by atoms with van der Waals surface area (Å²) >= 11 is 0. The van der Waals surface area contributed by atoms with Gasteiger partial charge in [0.25, 0.3) is 5.91 Å². The van der Waals surface area contributed by atoms with Gasteiger partial charge in [0.05, 0.1) is 0 Å². The van der Waals surface area contributed by atoms with Gasteiger partial charge in [0, 0.05) is 18.7 Å². The Morgan fingerprint density at radius 1 is 1.10 bits per heavy atom. The van der Waals surface area contributed by atoms with Gasteiger partial charge in [-0.25, -0.2) is 0 Å². The predicted octanol–water partition coefficient (Wildman–Crippen LogP) is 1.82. The number of aromatic hydroxyl groups is 1. The van der Waals surface area contributed by atoms with Crippen LogP contribution in [-0.2, 0) is 13.0 Å². The van der Waals surface area contributed by atoms with Crippen molar-refractivity contribution in [2.75, 3.05) is 6.54 Å². The standard InChI is InChI=1S/C16H18N2O2/c17-11-13-4-6-14(7-5-13)16(20)18-9-8-12-2-1-3-15(19)10-12/h1-7,10,19H,8-9,11,17H2,(H,18,20). The lowest BCUT2D eigenvalue weighted by atomic mass is 10.1. The molecular weight excluding hydrogens is 252 g/mol. The van der Waals surface area contributed by atoms with Crippen LogP contribution in [0.1, 0.15) is 21.5 Å². The van der Waals surface area contributed by atoms with E-state index in [0.717, 1.165) is 11.1 Å². The van der Waals surface area contributed by atoms with E-state index in [1.165, 1.54) is 0 Å². The molecule has 0 aliphatic rings. The lowest BCUT2D eigenvalue weighted by molar-refractivity contribution is 0.0954. The van der Waals surface area contributed by atoms with Crippen LogP contribution >= 0.6 is 0 Å². The summed E-state index contributed by atoms with van der Waals surface area (Å²) in [6.07, 6.45) is 0.682. The molecule has 20 heavy (non-hydrogen) atoms. The summed E-state index contributed by atoms with van der Waals surface area (Å²) < 4.78 is 0. The normalized spacial score (nSPS) is 10.2. The van der Waals surface area contributed by atoms with Gasteiger partial charge in [-0.3, -0.25) is 4.79 Å². The van der Waals surface area contributed by atoms with E-state index in [4.69, 9.17) is 5.73 Å². The van der Waals surface area contributed by atoms with Gasteiger partial charge in [0.2, 0.25) is 0 Å². The molecule has 0 fully saturated rings. The Morgan fingerprint density at radius 2 is 1.85 bits per heavy atom. The Labute approximate surface area is 118 Å². The van der Waals surface area contributed by atoms with Gasteiger partial charge in [-0.05, 0) is 41.8 Å². The fourth-order valence-corrected chi connectivity index (χ4v) is 1.93. The topological polar surface area (TPSA) is 75.4 Å². The number of phenols is 1. The third-order valence-electron chi connectivity index (χ3n) is 3.06. The second-order valence-electron chi connectivity index (χ2n) is 4.58. The minimum atomic E-state index is -0.103. The average molecular weight is 270 g/mol. The molecule has 0 radical (unpaired) electrons. The molecule has 0 atom stereocenters. The van der Waals surface area contributed by atoms with Crippen LogP contribution in [0.2, 0.25) is 0 Å². The minimum Gasteiger partial charge on any atom is -0.508 e. The summed E-state index contributed by atoms with van der Waals surface area (Å²) in [6, 6.07) is 14.3. The van der Waals surface area contributed by atoms with Crippen LogP contribution in [-0.4, -0.2) is 17.6 Å². The highest BCUT2D eigenvalue weighted by atomic mass is 16.3. The van der Waals surface area contributed by atoms with Gasteiger partial charge < -0.3 is 16.2 Å². The van der Waals surface area contributed by atoms with Crippen molar-refractivity contribution in [2.24, 2.45) is 5.73 Å². The molecule has 0 unspecified atom stereocenters. The molecule has 0 aromatic heterocycles. The largest absolute Gasteiger partial charge is 0.508 e. The summed E-state index contributed by atoms with van der Waals surface area (Å²) in [4.78, 5) is 11.9. The fourth-order valence-electron chi connectivity index (χ4n) is 1.93. The lowest BCUT2D eigenvalue weighted by Crippen LogP contribution is -2.25. The maximum atomic E-state index is 11.9. The molecular formula is C16H18N2O2. The first-order valence-corrected chi connectivity index (χ1v) is 6.54. The summed E-state index contributed by atoms with van der Waals surface area (Å²) in [5.74, 6) is 0.139. The van der Waals surface area contributed by atoms with E-state index >= 15 is 0 Å². The van der Waals surface area contributed by atoms with Gasteiger partial charge >= 0.3 is 0 Å². The van der Waals surface area contributed by atoms with Crippen molar-refractivity contribution in [3.63, 3.8) is 0 Å². The number of nitrogens with two attached hydrogens (primary N) is 1. The van der Waals surface area contributed by atoms with E-state index < -0.39 is 0 Å². The van der Waals surface area contributed by atoms with Crippen molar-refractivity contribution in [3.05, 3.63) is 65.2 Å². The average Bonchev–Trinajstić information content (AvgIpc) is 2.47. The van der Waals surface area contributed by atoms with Crippen molar-refractivity contribution in [2.45, 2.75) is 13.0 Å². The first kappa shape index (κ1) is 14.1. The van der Waals surface area contributed by atoms with Gasteiger partial charge in [-0.2, -0.15) is 0 Å². The van der Waals surface area contributed by atoms with Crippen molar-refractivity contribution >= 4 is 5.91 Å². The van der Waals surface area contributed by atoms with E-state index in [0.29, 0.717) is 25.1 Å². The van der Waals surface area contributed by atoms with Crippen molar-refractivity contribution < 1.29 is 9.90 Å². The van der Waals surface area contributed by atoms with Crippen molar-refractivity contribution in [1.29, 1.82) is 0 Å². The van der Waals surface area contributed by atoms with Gasteiger partial charge in [-0.15, -0.1) is 0 Å². The lowest BCUT2D eigenvalue weighted by Gasteiger charge is -2.06. The van der Waals surface area contributed by atoms with E-state index in [1.54, 1.807) is 30.3 Å². The number of phenolic OH excluding ortho intramolecular Hbond substituents is 1. The van der Waals surface area contributed by atoms with E-state index in [2.05, 4.69) is 5.32 Å². The Morgan fingerprint density at radius 3 is 2.50 bits per heavy atom. The first-order valence-electron chi connectivity index (χ1n) is 6.54. The van der Waals surface area contributed by atoms with Crippen LogP contribution in [0.4, 0.5) is 0 Å². The third-order valence-corrected chi connectivity index (χ3v) is 3.06. The smallest absolute Gasteiger partial charge is 0.251 e. The number of hydrogen-bond acceptors (Lipinski definition) is 3. The number of benzene rings is 2. The summed E-state index contributed by atoms with van der Waals surface area (Å²) in [5.41, 5.74) is 8.13. The Hall–Kier alpha value is -2.33. The van der Waals surface area contributed by atoms with Crippen LogP contribution in [0.15, 0.2) is 48.5 Å². The molecule has 4 heteroatoms. The molecule has 2 aromatic carbocycles. The maximum absolute atomic E-state index is 11.9. The van der Waals surface area contributed by atoms with Gasteiger partial charge in [-0.1, -0.05) is 24.3 Å². The number of nitrogens with one attached hydrogen (secondary N) is 1. The highest BCUT2D eigenvalue weighted by Crippen LogP contribution is 2.11. The molecule has 0 saturated carbocycles. The number of amides is 1. The molecule has 2 aromatic rings. The minimum absolute atomic E-state index is 0.103. The van der Waals surface area contributed by atoms with E-state index in [1.807, 2.05) is 18.2 Å². The van der Waals surface area contributed by atoms with Crippen LogP contribution in [0, 0.1) is 0 Å². The second kappa shape index (κ2) is 6.73. The summed E-state index contributed by atoms with van der Waals surface area (Å²) in [5, 5.41) is 12.2. The zero-order chi connectivity index (χ0) is 14.4. The molecule has 104 valence electrons. The molecule has 0 heterocycles. The zero-order valence-corrected chi connectivity index (χ0v) is 11.2. The molecule has 4 N–H and O–H groups in total. The molecule has 0 aliphatic heterocycles. The first-order chi connectivity index (χ1) is 9.69. The molecule has 0 bridgehead atoms. The molecule has 2 rings (SSSR count). The van der Waals surface area contributed by atoms with Crippen LogP contribution in [0.25, 0.3) is 0 Å². The number of rotatable bonds is 5.